The number of aromatic nitrogens is 1. The van der Waals surface area contributed by atoms with Crippen LogP contribution in [0.4, 0.5) is 5.13 Å². The minimum Gasteiger partial charge on any atom is -0.497 e. The molecule has 5 rings (SSSR count). The second kappa shape index (κ2) is 10.1. The van der Waals surface area contributed by atoms with Crippen LogP contribution in [0, 0.1) is 30.1 Å². The maximum absolute atomic E-state index is 12.8. The zero-order valence-corrected chi connectivity index (χ0v) is 23.1. The number of hydrogen-bond donors (Lipinski definition) is 2. The van der Waals surface area contributed by atoms with Gasteiger partial charge in [-0.1, -0.05) is 32.8 Å². The van der Waals surface area contributed by atoms with Gasteiger partial charge in [0.05, 0.1) is 12.7 Å². The Kier molecular flexibility index (Phi) is 7.21. The molecular weight excluding hydrogens is 468 g/mol. The maximum atomic E-state index is 12.8. The van der Waals surface area contributed by atoms with Crippen LogP contribution in [0.5, 0.6) is 5.75 Å². The van der Waals surface area contributed by atoms with Crippen molar-refractivity contribution >= 4 is 22.4 Å². The fourth-order valence-electron chi connectivity index (χ4n) is 8.19. The van der Waals surface area contributed by atoms with Gasteiger partial charge in [-0.15, -0.1) is 11.3 Å². The van der Waals surface area contributed by atoms with Crippen LogP contribution in [-0.4, -0.2) is 28.7 Å². The van der Waals surface area contributed by atoms with E-state index in [2.05, 4.69) is 42.3 Å². The second-order valence-electron chi connectivity index (χ2n) is 11.8. The molecule has 0 radical (unpaired) electrons. The molecule has 196 valence electrons. The third-order valence-electron chi connectivity index (χ3n) is 9.91. The molecule has 2 aromatic rings. The van der Waals surface area contributed by atoms with Crippen molar-refractivity contribution < 1.29 is 14.6 Å². The normalized spacial score (nSPS) is 32.9. The highest BCUT2D eigenvalue weighted by molar-refractivity contribution is 7.15. The van der Waals surface area contributed by atoms with Crippen molar-refractivity contribution in [3.63, 3.8) is 0 Å². The Balaban J connectivity index is 1.39. The molecule has 1 aromatic heterocycles. The summed E-state index contributed by atoms with van der Waals surface area (Å²) in [5.41, 5.74) is 2.22. The van der Waals surface area contributed by atoms with Crippen LogP contribution < -0.4 is 10.1 Å². The number of nitrogens with zero attached hydrogens (tertiary/aromatic N) is 1. The molecule has 1 amide bonds. The Labute approximate surface area is 220 Å². The lowest BCUT2D eigenvalue weighted by atomic mass is 9.51. The number of ether oxygens (including phenoxy) is 1. The molecule has 36 heavy (non-hydrogen) atoms. The summed E-state index contributed by atoms with van der Waals surface area (Å²) >= 11 is 1.52. The molecular formula is C30H42N2O3S. The second-order valence-corrected chi connectivity index (χ2v) is 13.1. The summed E-state index contributed by atoms with van der Waals surface area (Å²) in [7, 11) is 1.74. The number of carbonyl (C=O) groups excluding carboxylic acids is 1. The van der Waals surface area contributed by atoms with Gasteiger partial charge in [0, 0.05) is 17.5 Å². The first-order valence-electron chi connectivity index (χ1n) is 13.9. The fourth-order valence-corrected chi connectivity index (χ4v) is 8.87. The molecule has 3 unspecified atom stereocenters. The summed E-state index contributed by atoms with van der Waals surface area (Å²) < 4.78 is 5.51. The average molecular weight is 511 g/mol. The monoisotopic (exact) mass is 510 g/mol. The molecule has 6 atom stereocenters. The van der Waals surface area contributed by atoms with Crippen molar-refractivity contribution in [3.8, 4) is 5.75 Å². The zero-order chi connectivity index (χ0) is 25.5. The standard InChI is InChI=1S/C30H42N2O3S/c1-5-6-14-30(34)17-21(8-12-26(33)32-28-31-18-19(2)36-28)27-25-10-7-20-16-22(35-4)9-11-23(20)24(25)13-15-29(27,30)3/h9,11,16,18,21,24-25,27,34H,5-8,10,12-15,17H2,1-4H3,(H,31,32,33)/t21-,24?,25?,27?,29+,30+/m1/s1. The lowest BCUT2D eigenvalue weighted by molar-refractivity contribution is -0.116. The van der Waals surface area contributed by atoms with E-state index < -0.39 is 5.60 Å². The zero-order valence-electron chi connectivity index (χ0n) is 22.3. The van der Waals surface area contributed by atoms with Crippen LogP contribution in [0.2, 0.25) is 0 Å². The van der Waals surface area contributed by atoms with Crippen molar-refractivity contribution in [2.24, 2.45) is 23.2 Å². The first-order chi connectivity index (χ1) is 17.3. The van der Waals surface area contributed by atoms with E-state index in [1.54, 1.807) is 13.3 Å². The summed E-state index contributed by atoms with van der Waals surface area (Å²) in [6.07, 6.45) is 11.4. The summed E-state index contributed by atoms with van der Waals surface area (Å²) in [5.74, 6) is 2.91. The smallest absolute Gasteiger partial charge is 0.226 e. The molecule has 2 N–H and O–H groups in total. The summed E-state index contributed by atoms with van der Waals surface area (Å²) in [4.78, 5) is 18.2. The molecule has 2 saturated carbocycles. The van der Waals surface area contributed by atoms with E-state index in [0.29, 0.717) is 35.2 Å². The number of hydrogen-bond acceptors (Lipinski definition) is 5. The van der Waals surface area contributed by atoms with Crippen LogP contribution >= 0.6 is 11.3 Å². The minimum absolute atomic E-state index is 0.0449. The van der Waals surface area contributed by atoms with Crippen molar-refractivity contribution in [2.75, 3.05) is 12.4 Å². The van der Waals surface area contributed by atoms with Crippen LogP contribution in [0.25, 0.3) is 0 Å². The number of rotatable bonds is 8. The van der Waals surface area contributed by atoms with E-state index >= 15 is 0 Å². The molecule has 1 heterocycles. The Morgan fingerprint density at radius 1 is 1.33 bits per heavy atom. The number of aryl methyl sites for hydroxylation is 2. The number of unbranched alkanes of at least 4 members (excludes halogenated alkanes) is 1. The number of fused-ring (bicyclic) bond motifs is 5. The van der Waals surface area contributed by atoms with E-state index in [1.165, 1.54) is 22.5 Å². The van der Waals surface area contributed by atoms with Gasteiger partial charge in [0.15, 0.2) is 5.13 Å². The minimum atomic E-state index is -0.633. The molecule has 0 saturated heterocycles. The third-order valence-corrected chi connectivity index (χ3v) is 10.7. The molecule has 0 bridgehead atoms. The predicted molar refractivity (Wildman–Crippen MR) is 146 cm³/mol. The SMILES string of the molecule is CCCC[C@]1(O)C[C@@H](CCC(=O)Nc2ncc(C)s2)C2C3CCc4cc(OC)ccc4C3CC[C@@]21C. The average Bonchev–Trinajstić information content (AvgIpc) is 3.38. The number of carbonyl (C=O) groups is 1. The first-order valence-corrected chi connectivity index (χ1v) is 14.7. The highest BCUT2D eigenvalue weighted by Crippen LogP contribution is 2.67. The Hall–Kier alpha value is -1.92. The summed E-state index contributed by atoms with van der Waals surface area (Å²) in [6.45, 7) is 6.59. The highest BCUT2D eigenvalue weighted by atomic mass is 32.1. The lowest BCUT2D eigenvalue weighted by Crippen LogP contribution is -2.51. The van der Waals surface area contributed by atoms with Gasteiger partial charge in [-0.3, -0.25) is 4.79 Å². The Morgan fingerprint density at radius 3 is 2.89 bits per heavy atom. The summed E-state index contributed by atoms with van der Waals surface area (Å²) in [5, 5.41) is 15.9. The third kappa shape index (κ3) is 4.49. The fraction of sp³-hybridized carbons (Fsp3) is 0.667. The lowest BCUT2D eigenvalue weighted by Gasteiger charge is -2.54. The highest BCUT2D eigenvalue weighted by Gasteiger charge is 2.64. The number of benzene rings is 1. The molecule has 0 aliphatic heterocycles. The van der Waals surface area contributed by atoms with E-state index in [9.17, 15) is 9.90 Å². The Bertz CT molecular complexity index is 1100. The van der Waals surface area contributed by atoms with Gasteiger partial charge in [-0.2, -0.15) is 0 Å². The van der Waals surface area contributed by atoms with E-state index in [-0.39, 0.29) is 11.3 Å². The van der Waals surface area contributed by atoms with Crippen molar-refractivity contribution in [3.05, 3.63) is 40.4 Å². The largest absolute Gasteiger partial charge is 0.497 e. The topological polar surface area (TPSA) is 71.5 Å². The van der Waals surface area contributed by atoms with Crippen molar-refractivity contribution in [1.82, 2.24) is 4.98 Å². The van der Waals surface area contributed by atoms with Crippen molar-refractivity contribution in [2.45, 2.75) is 96.5 Å². The molecule has 1 aromatic carbocycles. The first kappa shape index (κ1) is 25.7. The van der Waals surface area contributed by atoms with Gasteiger partial charge >= 0.3 is 0 Å². The van der Waals surface area contributed by atoms with Crippen LogP contribution in [-0.2, 0) is 11.2 Å². The number of aliphatic hydroxyl groups is 1. The van der Waals surface area contributed by atoms with Crippen LogP contribution in [0.3, 0.4) is 0 Å². The van der Waals surface area contributed by atoms with Gasteiger partial charge in [0.2, 0.25) is 5.91 Å². The molecule has 5 nitrogen and oxygen atoms in total. The molecule has 2 fully saturated rings. The predicted octanol–water partition coefficient (Wildman–Crippen LogP) is 6.88. The van der Waals surface area contributed by atoms with Crippen LogP contribution in [0.15, 0.2) is 24.4 Å². The number of nitrogens with one attached hydrogen (secondary N) is 1. The molecule has 3 aliphatic rings. The van der Waals surface area contributed by atoms with E-state index in [4.69, 9.17) is 4.74 Å². The van der Waals surface area contributed by atoms with Crippen molar-refractivity contribution in [1.29, 1.82) is 0 Å². The van der Waals surface area contributed by atoms with Gasteiger partial charge < -0.3 is 15.2 Å². The number of methoxy groups -OCH3 is 1. The Morgan fingerprint density at radius 2 is 2.17 bits per heavy atom. The number of anilines is 1. The van der Waals surface area contributed by atoms with Gasteiger partial charge in [0.1, 0.15) is 5.75 Å². The van der Waals surface area contributed by atoms with Gasteiger partial charge in [0.25, 0.3) is 0 Å². The quantitative estimate of drug-likeness (QED) is 0.406. The maximum Gasteiger partial charge on any atom is 0.226 e. The number of thiazole rings is 1. The molecule has 6 heteroatoms. The van der Waals surface area contributed by atoms with Crippen LogP contribution in [0.1, 0.15) is 93.6 Å². The molecule has 0 spiro atoms. The number of amides is 1. The van der Waals surface area contributed by atoms with E-state index in [1.807, 2.05) is 6.92 Å². The summed E-state index contributed by atoms with van der Waals surface area (Å²) in [6, 6.07) is 6.64. The van der Waals surface area contributed by atoms with Gasteiger partial charge in [-0.05, 0) is 104 Å². The van der Waals surface area contributed by atoms with E-state index in [0.717, 1.165) is 68.4 Å². The van der Waals surface area contributed by atoms with Gasteiger partial charge in [-0.25, -0.2) is 4.98 Å². The molecule has 3 aliphatic carbocycles.